The van der Waals surface area contributed by atoms with Gasteiger partial charge in [-0.2, -0.15) is 0 Å². The van der Waals surface area contributed by atoms with Crippen LogP contribution in [0.3, 0.4) is 0 Å². The summed E-state index contributed by atoms with van der Waals surface area (Å²) in [6, 6.07) is 11.0. The molecule has 0 spiro atoms. The standard InChI is InChI=1S/C19H29N3O/c1-14(22-12-16-7-8-18(20)17(16)13-22)11-19(23)21-10-9-15-5-3-2-4-6-15/h2-6,14,16-18H,7-13,20H2,1H3,(H,21,23)/t14-,16+,17+,18-/m1/s1. The van der Waals surface area contributed by atoms with Crippen LogP contribution < -0.4 is 11.1 Å². The number of carbonyl (C=O) groups excluding carboxylic acids is 1. The Labute approximate surface area is 139 Å². The van der Waals surface area contributed by atoms with Crippen LogP contribution in [-0.4, -0.2) is 42.5 Å². The van der Waals surface area contributed by atoms with Crippen molar-refractivity contribution < 1.29 is 4.79 Å². The molecular weight excluding hydrogens is 286 g/mol. The van der Waals surface area contributed by atoms with Crippen molar-refractivity contribution in [2.45, 2.75) is 44.7 Å². The number of fused-ring (bicyclic) bond motifs is 1. The van der Waals surface area contributed by atoms with Gasteiger partial charge >= 0.3 is 0 Å². The lowest BCUT2D eigenvalue weighted by Gasteiger charge is -2.25. The molecule has 1 aromatic rings. The third kappa shape index (κ3) is 4.12. The number of hydrogen-bond donors (Lipinski definition) is 2. The van der Waals surface area contributed by atoms with Crippen LogP contribution in [0.15, 0.2) is 30.3 Å². The number of carbonyl (C=O) groups is 1. The third-order valence-electron chi connectivity index (χ3n) is 5.62. The van der Waals surface area contributed by atoms with Crippen molar-refractivity contribution in [2.24, 2.45) is 17.6 Å². The topological polar surface area (TPSA) is 58.4 Å². The van der Waals surface area contributed by atoms with Crippen molar-refractivity contribution >= 4 is 5.91 Å². The fourth-order valence-electron chi connectivity index (χ4n) is 4.16. The minimum Gasteiger partial charge on any atom is -0.356 e. The molecule has 0 aromatic heterocycles. The Balaban J connectivity index is 1.38. The molecule has 4 nitrogen and oxygen atoms in total. The number of nitrogens with one attached hydrogen (secondary N) is 1. The molecule has 0 radical (unpaired) electrons. The van der Waals surface area contributed by atoms with Crippen molar-refractivity contribution in [1.82, 2.24) is 10.2 Å². The van der Waals surface area contributed by atoms with Gasteiger partial charge in [-0.25, -0.2) is 0 Å². The molecule has 1 aliphatic heterocycles. The molecule has 1 aromatic carbocycles. The van der Waals surface area contributed by atoms with Crippen molar-refractivity contribution in [1.29, 1.82) is 0 Å². The third-order valence-corrected chi connectivity index (χ3v) is 5.62. The lowest BCUT2D eigenvalue weighted by Crippen LogP contribution is -2.38. The Kier molecular flexibility index (Phi) is 5.34. The number of rotatable bonds is 6. The van der Waals surface area contributed by atoms with Gasteiger partial charge in [0.05, 0.1) is 0 Å². The smallest absolute Gasteiger partial charge is 0.221 e. The first kappa shape index (κ1) is 16.5. The number of likely N-dealkylation sites (tertiary alicyclic amines) is 1. The van der Waals surface area contributed by atoms with E-state index in [0.29, 0.717) is 31.0 Å². The van der Waals surface area contributed by atoms with E-state index in [1.807, 2.05) is 18.2 Å². The Bertz CT molecular complexity index is 519. The molecule has 1 amide bonds. The molecule has 1 heterocycles. The van der Waals surface area contributed by atoms with E-state index in [4.69, 9.17) is 5.73 Å². The summed E-state index contributed by atoms with van der Waals surface area (Å²) in [4.78, 5) is 14.6. The summed E-state index contributed by atoms with van der Waals surface area (Å²) in [7, 11) is 0. The van der Waals surface area contributed by atoms with Crippen LogP contribution >= 0.6 is 0 Å². The molecule has 2 fully saturated rings. The van der Waals surface area contributed by atoms with E-state index in [-0.39, 0.29) is 5.91 Å². The molecule has 0 unspecified atom stereocenters. The van der Waals surface area contributed by atoms with Gasteiger partial charge in [-0.15, -0.1) is 0 Å². The van der Waals surface area contributed by atoms with Gasteiger partial charge in [0.15, 0.2) is 0 Å². The van der Waals surface area contributed by atoms with E-state index >= 15 is 0 Å². The lowest BCUT2D eigenvalue weighted by molar-refractivity contribution is -0.122. The Morgan fingerprint density at radius 1 is 1.30 bits per heavy atom. The monoisotopic (exact) mass is 315 g/mol. The van der Waals surface area contributed by atoms with Crippen LogP contribution in [0.4, 0.5) is 0 Å². The molecule has 3 N–H and O–H groups in total. The molecular formula is C19H29N3O. The number of nitrogens with two attached hydrogens (primary N) is 1. The second kappa shape index (κ2) is 7.45. The summed E-state index contributed by atoms with van der Waals surface area (Å²) in [6.45, 7) is 5.08. The molecule has 1 saturated carbocycles. The van der Waals surface area contributed by atoms with Gasteiger partial charge < -0.3 is 11.1 Å². The van der Waals surface area contributed by atoms with Gasteiger partial charge in [-0.1, -0.05) is 30.3 Å². The fourth-order valence-corrected chi connectivity index (χ4v) is 4.16. The van der Waals surface area contributed by atoms with Gasteiger partial charge in [0.25, 0.3) is 0 Å². The Morgan fingerprint density at radius 3 is 2.83 bits per heavy atom. The molecule has 3 rings (SSSR count). The second-order valence-electron chi connectivity index (χ2n) is 7.26. The maximum absolute atomic E-state index is 12.1. The predicted octanol–water partition coefficient (Wildman–Crippen LogP) is 1.79. The van der Waals surface area contributed by atoms with Crippen LogP contribution in [0.5, 0.6) is 0 Å². The van der Waals surface area contributed by atoms with Crippen LogP contribution in [0.25, 0.3) is 0 Å². The summed E-state index contributed by atoms with van der Waals surface area (Å²) in [5, 5.41) is 3.05. The van der Waals surface area contributed by atoms with E-state index in [1.54, 1.807) is 0 Å². The first-order valence-electron chi connectivity index (χ1n) is 8.93. The Hall–Kier alpha value is -1.39. The van der Waals surface area contributed by atoms with Gasteiger partial charge in [0, 0.05) is 38.1 Å². The summed E-state index contributed by atoms with van der Waals surface area (Å²) >= 11 is 0. The average Bonchev–Trinajstić information content (AvgIpc) is 3.11. The number of hydrogen-bond acceptors (Lipinski definition) is 3. The maximum atomic E-state index is 12.1. The predicted molar refractivity (Wildman–Crippen MR) is 93.0 cm³/mol. The highest BCUT2D eigenvalue weighted by Crippen LogP contribution is 2.38. The average molecular weight is 315 g/mol. The number of benzene rings is 1. The van der Waals surface area contributed by atoms with Gasteiger partial charge in [0.1, 0.15) is 0 Å². The van der Waals surface area contributed by atoms with E-state index in [1.165, 1.54) is 18.4 Å². The van der Waals surface area contributed by atoms with Crippen molar-refractivity contribution in [2.75, 3.05) is 19.6 Å². The summed E-state index contributed by atoms with van der Waals surface area (Å²) < 4.78 is 0. The van der Waals surface area contributed by atoms with Crippen molar-refractivity contribution in [3.05, 3.63) is 35.9 Å². The second-order valence-corrected chi connectivity index (χ2v) is 7.26. The number of nitrogens with zero attached hydrogens (tertiary/aromatic N) is 1. The van der Waals surface area contributed by atoms with E-state index < -0.39 is 0 Å². The van der Waals surface area contributed by atoms with Crippen LogP contribution in [-0.2, 0) is 11.2 Å². The van der Waals surface area contributed by atoms with Crippen LogP contribution in [0, 0.1) is 11.8 Å². The SMILES string of the molecule is C[C@H](CC(=O)NCCc1ccccc1)N1C[C@@H]2CC[C@@H](N)[C@H]2C1. The highest BCUT2D eigenvalue weighted by molar-refractivity contribution is 5.76. The van der Waals surface area contributed by atoms with Crippen molar-refractivity contribution in [3.63, 3.8) is 0 Å². The lowest BCUT2D eigenvalue weighted by atomic mass is 9.98. The largest absolute Gasteiger partial charge is 0.356 e. The Morgan fingerprint density at radius 2 is 2.09 bits per heavy atom. The van der Waals surface area contributed by atoms with E-state index in [0.717, 1.165) is 25.4 Å². The van der Waals surface area contributed by atoms with Gasteiger partial charge in [-0.3, -0.25) is 9.69 Å². The minimum absolute atomic E-state index is 0.162. The maximum Gasteiger partial charge on any atom is 0.221 e. The normalized spacial score (nSPS) is 28.5. The zero-order valence-corrected chi connectivity index (χ0v) is 14.1. The molecule has 4 atom stereocenters. The van der Waals surface area contributed by atoms with Gasteiger partial charge in [0.2, 0.25) is 5.91 Å². The van der Waals surface area contributed by atoms with E-state index in [9.17, 15) is 4.79 Å². The highest BCUT2D eigenvalue weighted by atomic mass is 16.1. The molecule has 2 aliphatic rings. The molecule has 4 heteroatoms. The molecule has 1 aliphatic carbocycles. The molecule has 0 bridgehead atoms. The van der Waals surface area contributed by atoms with Gasteiger partial charge in [-0.05, 0) is 43.6 Å². The first-order valence-corrected chi connectivity index (χ1v) is 8.93. The molecule has 126 valence electrons. The summed E-state index contributed by atoms with van der Waals surface area (Å²) in [5.41, 5.74) is 7.46. The quantitative estimate of drug-likeness (QED) is 0.841. The fraction of sp³-hybridized carbons (Fsp3) is 0.632. The highest BCUT2D eigenvalue weighted by Gasteiger charge is 2.42. The molecule has 1 saturated heterocycles. The summed E-state index contributed by atoms with van der Waals surface area (Å²) in [6.07, 6.45) is 3.92. The number of amides is 1. The van der Waals surface area contributed by atoms with E-state index in [2.05, 4.69) is 29.3 Å². The zero-order valence-electron chi connectivity index (χ0n) is 14.1. The van der Waals surface area contributed by atoms with Crippen LogP contribution in [0.2, 0.25) is 0 Å². The first-order chi connectivity index (χ1) is 11.1. The summed E-state index contributed by atoms with van der Waals surface area (Å²) in [5.74, 6) is 1.57. The molecule has 23 heavy (non-hydrogen) atoms. The minimum atomic E-state index is 0.162. The van der Waals surface area contributed by atoms with Crippen LogP contribution in [0.1, 0.15) is 31.7 Å². The zero-order chi connectivity index (χ0) is 16.2. The van der Waals surface area contributed by atoms with Crippen molar-refractivity contribution in [3.8, 4) is 0 Å².